The molecule has 1 rings (SSSR count). The monoisotopic (exact) mass is 241 g/mol. The molecule has 0 aliphatic carbocycles. The normalized spacial score (nSPS) is 18.5. The van der Waals surface area contributed by atoms with Crippen molar-refractivity contribution in [1.82, 2.24) is 9.80 Å². The van der Waals surface area contributed by atoms with Gasteiger partial charge in [-0.1, -0.05) is 13.8 Å². The van der Waals surface area contributed by atoms with Crippen LogP contribution in [0.15, 0.2) is 0 Å². The molecule has 0 aromatic rings. The lowest BCUT2D eigenvalue weighted by Crippen LogP contribution is -2.44. The van der Waals surface area contributed by atoms with Gasteiger partial charge >= 0.3 is 0 Å². The van der Waals surface area contributed by atoms with Gasteiger partial charge in [0.25, 0.3) is 0 Å². The highest BCUT2D eigenvalue weighted by Crippen LogP contribution is 2.09. The molecule has 0 radical (unpaired) electrons. The third-order valence-electron chi connectivity index (χ3n) is 3.49. The first-order valence-corrected chi connectivity index (χ1v) is 6.87. The van der Waals surface area contributed by atoms with Crippen molar-refractivity contribution < 1.29 is 4.79 Å². The first-order valence-electron chi connectivity index (χ1n) is 6.87. The molecule has 1 unspecified atom stereocenters. The number of nitrogens with two attached hydrogens (primary N) is 1. The Balaban J connectivity index is 2.35. The third kappa shape index (κ3) is 5.04. The molecule has 1 atom stereocenters. The number of carbonyl (C=O) groups is 1. The van der Waals surface area contributed by atoms with Gasteiger partial charge in [0, 0.05) is 19.6 Å². The second-order valence-electron chi connectivity index (χ2n) is 5.11. The number of rotatable bonds is 6. The number of amides is 1. The molecule has 0 bridgehead atoms. The zero-order valence-electron chi connectivity index (χ0n) is 11.3. The molecular weight excluding hydrogens is 214 g/mol. The van der Waals surface area contributed by atoms with E-state index in [1.807, 2.05) is 4.90 Å². The van der Waals surface area contributed by atoms with E-state index in [9.17, 15) is 4.79 Å². The van der Waals surface area contributed by atoms with Crippen LogP contribution in [0.1, 0.15) is 33.1 Å². The zero-order valence-corrected chi connectivity index (χ0v) is 11.3. The maximum Gasteiger partial charge on any atom is 0.236 e. The fourth-order valence-electron chi connectivity index (χ4n) is 2.26. The quantitative estimate of drug-likeness (QED) is 0.752. The van der Waals surface area contributed by atoms with Gasteiger partial charge in [0.05, 0.1) is 6.54 Å². The van der Waals surface area contributed by atoms with Crippen molar-refractivity contribution in [3.63, 3.8) is 0 Å². The van der Waals surface area contributed by atoms with Crippen LogP contribution >= 0.6 is 0 Å². The Kier molecular flexibility index (Phi) is 6.52. The molecular formula is C13H27N3O. The van der Waals surface area contributed by atoms with Gasteiger partial charge in [0.2, 0.25) is 5.91 Å². The molecule has 0 spiro atoms. The van der Waals surface area contributed by atoms with Crippen molar-refractivity contribution in [2.24, 2.45) is 11.7 Å². The van der Waals surface area contributed by atoms with Crippen molar-refractivity contribution in [3.05, 3.63) is 0 Å². The Morgan fingerprint density at radius 3 is 2.53 bits per heavy atom. The Labute approximate surface area is 105 Å². The van der Waals surface area contributed by atoms with Gasteiger partial charge in [0.1, 0.15) is 0 Å². The van der Waals surface area contributed by atoms with E-state index in [-0.39, 0.29) is 5.91 Å². The summed E-state index contributed by atoms with van der Waals surface area (Å²) in [6.45, 7) is 9.22. The SMILES string of the molecule is CCN(CC(=O)N1CCCCC1)CC(C)CN. The minimum Gasteiger partial charge on any atom is -0.342 e. The molecule has 1 aliphatic rings. The predicted molar refractivity (Wildman–Crippen MR) is 70.8 cm³/mol. The number of likely N-dealkylation sites (tertiary alicyclic amines) is 1. The maximum atomic E-state index is 12.1. The smallest absolute Gasteiger partial charge is 0.236 e. The summed E-state index contributed by atoms with van der Waals surface area (Å²) in [5.74, 6) is 0.750. The van der Waals surface area contributed by atoms with E-state index >= 15 is 0 Å². The van der Waals surface area contributed by atoms with Crippen LogP contribution in [0, 0.1) is 5.92 Å². The summed E-state index contributed by atoms with van der Waals surface area (Å²) >= 11 is 0. The van der Waals surface area contributed by atoms with Gasteiger partial charge in [-0.15, -0.1) is 0 Å². The fraction of sp³-hybridized carbons (Fsp3) is 0.923. The van der Waals surface area contributed by atoms with Gasteiger partial charge in [-0.3, -0.25) is 9.69 Å². The van der Waals surface area contributed by atoms with Gasteiger partial charge in [0.15, 0.2) is 0 Å². The van der Waals surface area contributed by atoms with Crippen LogP contribution in [-0.2, 0) is 4.79 Å². The molecule has 17 heavy (non-hydrogen) atoms. The van der Waals surface area contributed by atoms with Crippen LogP contribution in [0.25, 0.3) is 0 Å². The van der Waals surface area contributed by atoms with E-state index < -0.39 is 0 Å². The number of hydrogen-bond acceptors (Lipinski definition) is 3. The van der Waals surface area contributed by atoms with Crippen molar-refractivity contribution in [3.8, 4) is 0 Å². The number of likely N-dealkylation sites (N-methyl/N-ethyl adjacent to an activating group) is 1. The van der Waals surface area contributed by atoms with Gasteiger partial charge in [-0.2, -0.15) is 0 Å². The molecule has 4 nitrogen and oxygen atoms in total. The summed E-state index contributed by atoms with van der Waals surface area (Å²) in [4.78, 5) is 16.3. The Morgan fingerprint density at radius 2 is 2.00 bits per heavy atom. The lowest BCUT2D eigenvalue weighted by atomic mass is 10.1. The van der Waals surface area contributed by atoms with Gasteiger partial charge < -0.3 is 10.6 Å². The molecule has 1 fully saturated rings. The van der Waals surface area contributed by atoms with Crippen molar-refractivity contribution in [1.29, 1.82) is 0 Å². The van der Waals surface area contributed by atoms with Crippen LogP contribution in [0.2, 0.25) is 0 Å². The van der Waals surface area contributed by atoms with E-state index in [4.69, 9.17) is 5.73 Å². The summed E-state index contributed by atoms with van der Waals surface area (Å²) in [6, 6.07) is 0. The highest BCUT2D eigenvalue weighted by atomic mass is 16.2. The first-order chi connectivity index (χ1) is 8.17. The van der Waals surface area contributed by atoms with Crippen LogP contribution in [0.3, 0.4) is 0 Å². The van der Waals surface area contributed by atoms with E-state index in [0.717, 1.165) is 39.0 Å². The molecule has 100 valence electrons. The summed E-state index contributed by atoms with van der Waals surface area (Å²) < 4.78 is 0. The summed E-state index contributed by atoms with van der Waals surface area (Å²) in [5, 5.41) is 0. The topological polar surface area (TPSA) is 49.6 Å². The average molecular weight is 241 g/mol. The molecule has 1 heterocycles. The lowest BCUT2D eigenvalue weighted by Gasteiger charge is -2.30. The number of nitrogens with zero attached hydrogens (tertiary/aromatic N) is 2. The molecule has 1 saturated heterocycles. The van der Waals surface area contributed by atoms with Crippen LogP contribution in [0.4, 0.5) is 0 Å². The molecule has 0 aromatic carbocycles. The van der Waals surface area contributed by atoms with Crippen molar-refractivity contribution in [2.75, 3.05) is 39.3 Å². The minimum atomic E-state index is 0.288. The van der Waals surface area contributed by atoms with E-state index in [1.165, 1.54) is 6.42 Å². The van der Waals surface area contributed by atoms with Crippen LogP contribution in [-0.4, -0.2) is 55.0 Å². The Bertz CT molecular complexity index is 227. The van der Waals surface area contributed by atoms with Crippen molar-refractivity contribution in [2.45, 2.75) is 33.1 Å². The molecule has 4 heteroatoms. The number of hydrogen-bond donors (Lipinski definition) is 1. The third-order valence-corrected chi connectivity index (χ3v) is 3.49. The van der Waals surface area contributed by atoms with Gasteiger partial charge in [-0.05, 0) is 38.3 Å². The maximum absolute atomic E-state index is 12.1. The molecule has 1 aliphatic heterocycles. The standard InChI is InChI=1S/C13H27N3O/c1-3-15(10-12(2)9-14)11-13(17)16-7-5-4-6-8-16/h12H,3-11,14H2,1-2H3. The first kappa shape index (κ1) is 14.5. The second kappa shape index (κ2) is 7.67. The van der Waals surface area contributed by atoms with Crippen molar-refractivity contribution >= 4 is 5.91 Å². The van der Waals surface area contributed by atoms with E-state index in [1.54, 1.807) is 0 Å². The Morgan fingerprint density at radius 1 is 1.35 bits per heavy atom. The lowest BCUT2D eigenvalue weighted by molar-refractivity contribution is -0.133. The molecule has 0 aromatic heterocycles. The molecule has 0 saturated carbocycles. The highest BCUT2D eigenvalue weighted by Gasteiger charge is 2.19. The highest BCUT2D eigenvalue weighted by molar-refractivity contribution is 5.78. The minimum absolute atomic E-state index is 0.288. The average Bonchev–Trinajstić information content (AvgIpc) is 2.38. The Hall–Kier alpha value is -0.610. The zero-order chi connectivity index (χ0) is 12.7. The summed E-state index contributed by atoms with van der Waals surface area (Å²) in [5.41, 5.74) is 5.63. The van der Waals surface area contributed by atoms with Crippen LogP contribution < -0.4 is 5.73 Å². The number of piperidine rings is 1. The van der Waals surface area contributed by atoms with Crippen LogP contribution in [0.5, 0.6) is 0 Å². The van der Waals surface area contributed by atoms with E-state index in [2.05, 4.69) is 18.7 Å². The largest absolute Gasteiger partial charge is 0.342 e. The fourth-order valence-corrected chi connectivity index (χ4v) is 2.26. The molecule has 2 N–H and O–H groups in total. The van der Waals surface area contributed by atoms with Gasteiger partial charge in [-0.25, -0.2) is 0 Å². The predicted octanol–water partition coefficient (Wildman–Crippen LogP) is 0.916. The van der Waals surface area contributed by atoms with E-state index in [0.29, 0.717) is 19.0 Å². The summed E-state index contributed by atoms with van der Waals surface area (Å²) in [7, 11) is 0. The summed E-state index contributed by atoms with van der Waals surface area (Å²) in [6.07, 6.45) is 3.60. The number of carbonyl (C=O) groups excluding carboxylic acids is 1. The second-order valence-corrected chi connectivity index (χ2v) is 5.11. The molecule has 1 amide bonds.